The Hall–Kier alpha value is -1.08. The third kappa shape index (κ3) is 4.98. The number of halogens is 2. The summed E-state index contributed by atoms with van der Waals surface area (Å²) in [5.74, 6) is 0.828. The van der Waals surface area contributed by atoms with E-state index >= 15 is 0 Å². The highest BCUT2D eigenvalue weighted by molar-refractivity contribution is 6.08. The second-order valence-electron chi connectivity index (χ2n) is 6.32. The van der Waals surface area contributed by atoms with E-state index in [1.807, 2.05) is 0 Å². The highest BCUT2D eigenvalue weighted by Gasteiger charge is 2.43. The minimum atomic E-state index is -3.04. The summed E-state index contributed by atoms with van der Waals surface area (Å²) in [6, 6.07) is -3.04. The van der Waals surface area contributed by atoms with Crippen molar-refractivity contribution in [3.8, 4) is 0 Å². The van der Waals surface area contributed by atoms with Crippen molar-refractivity contribution in [1.82, 2.24) is 10.6 Å². The van der Waals surface area contributed by atoms with Crippen molar-refractivity contribution < 1.29 is 13.6 Å². The number of nitrogens with two attached hydrogens (primary N) is 1. The molecule has 1 saturated heterocycles. The Labute approximate surface area is 130 Å². The lowest BCUT2D eigenvalue weighted by atomic mass is 9.89. The van der Waals surface area contributed by atoms with Gasteiger partial charge in [-0.3, -0.25) is 15.5 Å². The smallest absolute Gasteiger partial charge is 0.300 e. The number of hydrogen-bond donors (Lipinski definition) is 3. The Morgan fingerprint density at radius 1 is 1.14 bits per heavy atom. The van der Waals surface area contributed by atoms with E-state index in [-0.39, 0.29) is 12.3 Å². The van der Waals surface area contributed by atoms with Crippen LogP contribution in [0, 0.1) is 0 Å². The number of nitrogens with one attached hydrogen (secondary N) is 2. The van der Waals surface area contributed by atoms with Crippen molar-refractivity contribution in [1.29, 1.82) is 0 Å². The molecule has 1 spiro atoms. The molecule has 0 saturated carbocycles. The van der Waals surface area contributed by atoms with Gasteiger partial charge >= 0.3 is 0 Å². The number of carbonyl (C=O) groups is 1. The fourth-order valence-electron chi connectivity index (χ4n) is 3.07. The first-order valence-corrected chi connectivity index (χ1v) is 8.19. The van der Waals surface area contributed by atoms with E-state index in [0.717, 1.165) is 63.9 Å². The van der Waals surface area contributed by atoms with Gasteiger partial charge in [0.25, 0.3) is 12.0 Å². The first-order chi connectivity index (χ1) is 10.4. The molecule has 0 bridgehead atoms. The molecule has 0 unspecified atom stereocenters. The molecule has 2 aliphatic rings. The van der Waals surface area contributed by atoms with Gasteiger partial charge < -0.3 is 10.6 Å². The monoisotopic (exact) mass is 316 g/mol. The zero-order valence-electron chi connectivity index (χ0n) is 13.0. The molecule has 126 valence electrons. The van der Waals surface area contributed by atoms with Crippen LogP contribution in [0.4, 0.5) is 8.78 Å². The first-order valence-electron chi connectivity index (χ1n) is 8.19. The van der Waals surface area contributed by atoms with E-state index in [0.29, 0.717) is 6.42 Å². The minimum absolute atomic E-state index is 0.0363. The topological polar surface area (TPSA) is 79.5 Å². The average molecular weight is 316 g/mol. The molecule has 0 aromatic heterocycles. The van der Waals surface area contributed by atoms with Crippen molar-refractivity contribution in [3.05, 3.63) is 0 Å². The van der Waals surface area contributed by atoms with Gasteiger partial charge in [0.2, 0.25) is 0 Å². The molecule has 5 nitrogen and oxygen atoms in total. The van der Waals surface area contributed by atoms with Gasteiger partial charge in [-0.1, -0.05) is 19.3 Å². The molecule has 0 atom stereocenters. The molecular weight excluding hydrogens is 290 g/mol. The summed E-state index contributed by atoms with van der Waals surface area (Å²) in [4.78, 5) is 16.7. The Morgan fingerprint density at radius 2 is 1.77 bits per heavy atom. The van der Waals surface area contributed by atoms with E-state index < -0.39 is 11.6 Å². The number of carbonyl (C=O) groups excluding carboxylic acids is 1. The number of aliphatic imine (C=N–C) groups is 1. The molecule has 2 heterocycles. The number of nitrogens with zero attached hydrogens (tertiary/aromatic N) is 1. The van der Waals surface area contributed by atoms with Crippen LogP contribution in [0.1, 0.15) is 57.8 Å². The van der Waals surface area contributed by atoms with Crippen LogP contribution in [0.5, 0.6) is 0 Å². The molecule has 1 amide bonds. The van der Waals surface area contributed by atoms with Crippen molar-refractivity contribution >= 4 is 11.7 Å². The quantitative estimate of drug-likeness (QED) is 0.473. The Kier molecular flexibility index (Phi) is 5.86. The average Bonchev–Trinajstić information content (AvgIpc) is 2.73. The van der Waals surface area contributed by atoms with Gasteiger partial charge in [-0.2, -0.15) is 8.78 Å². The van der Waals surface area contributed by atoms with E-state index in [9.17, 15) is 13.6 Å². The Bertz CT molecular complexity index is 414. The molecule has 2 aliphatic heterocycles. The van der Waals surface area contributed by atoms with Gasteiger partial charge in [0.1, 0.15) is 11.4 Å². The summed E-state index contributed by atoms with van der Waals surface area (Å²) >= 11 is 0. The van der Waals surface area contributed by atoms with E-state index in [4.69, 9.17) is 0 Å². The molecule has 0 aromatic rings. The molecule has 22 heavy (non-hydrogen) atoms. The van der Waals surface area contributed by atoms with Gasteiger partial charge in [-0.05, 0) is 38.8 Å². The number of hydrogen-bond acceptors (Lipinski definition) is 4. The van der Waals surface area contributed by atoms with E-state index in [1.165, 1.54) is 0 Å². The van der Waals surface area contributed by atoms with Gasteiger partial charge in [0.05, 0.1) is 0 Å². The normalized spacial score (nSPS) is 21.0. The number of alkyl halides is 2. The van der Waals surface area contributed by atoms with Crippen molar-refractivity contribution in [3.63, 3.8) is 0 Å². The van der Waals surface area contributed by atoms with Crippen LogP contribution < -0.4 is 16.4 Å². The minimum Gasteiger partial charge on any atom is -0.317 e. The SMILES string of the molecule is NC(F)(F)CCCCCCCC1=NC2(CCNCC2)C(=O)N1. The van der Waals surface area contributed by atoms with Gasteiger partial charge in [0, 0.05) is 12.8 Å². The fourth-order valence-corrected chi connectivity index (χ4v) is 3.07. The van der Waals surface area contributed by atoms with Crippen LogP contribution in [-0.2, 0) is 4.79 Å². The highest BCUT2D eigenvalue weighted by atomic mass is 19.3. The van der Waals surface area contributed by atoms with Gasteiger partial charge in [-0.15, -0.1) is 0 Å². The van der Waals surface area contributed by atoms with Crippen LogP contribution in [0.25, 0.3) is 0 Å². The first kappa shape index (κ1) is 17.3. The zero-order chi connectivity index (χ0) is 16.1. The van der Waals surface area contributed by atoms with Gasteiger partial charge in [0.15, 0.2) is 0 Å². The Balaban J connectivity index is 1.61. The fraction of sp³-hybridized carbons (Fsp3) is 0.867. The summed E-state index contributed by atoms with van der Waals surface area (Å²) in [5, 5.41) is 6.15. The summed E-state index contributed by atoms with van der Waals surface area (Å²) in [5.41, 5.74) is 4.11. The third-order valence-electron chi connectivity index (χ3n) is 4.38. The maximum atomic E-state index is 12.4. The lowest BCUT2D eigenvalue weighted by molar-refractivity contribution is -0.124. The van der Waals surface area contributed by atoms with E-state index in [1.54, 1.807) is 0 Å². The largest absolute Gasteiger partial charge is 0.317 e. The lowest BCUT2D eigenvalue weighted by Crippen LogP contribution is -2.47. The van der Waals surface area contributed by atoms with Crippen LogP contribution in [0.3, 0.4) is 0 Å². The number of amides is 1. The van der Waals surface area contributed by atoms with Crippen molar-refractivity contribution in [2.24, 2.45) is 10.7 Å². The molecule has 1 fully saturated rings. The van der Waals surface area contributed by atoms with Crippen LogP contribution >= 0.6 is 0 Å². The van der Waals surface area contributed by atoms with Gasteiger partial charge in [-0.25, -0.2) is 0 Å². The molecule has 0 aromatic carbocycles. The third-order valence-corrected chi connectivity index (χ3v) is 4.38. The highest BCUT2D eigenvalue weighted by Crippen LogP contribution is 2.28. The maximum Gasteiger partial charge on any atom is 0.300 e. The lowest BCUT2D eigenvalue weighted by Gasteiger charge is -2.28. The molecule has 0 aliphatic carbocycles. The summed E-state index contributed by atoms with van der Waals surface area (Å²) in [7, 11) is 0. The maximum absolute atomic E-state index is 12.4. The van der Waals surface area contributed by atoms with E-state index in [2.05, 4.69) is 21.4 Å². The molecule has 0 radical (unpaired) electrons. The number of amidine groups is 1. The van der Waals surface area contributed by atoms with Crippen molar-refractivity contribution in [2.45, 2.75) is 69.4 Å². The standard InChI is InChI=1S/C15H26F2N4O/c16-15(17,18)7-5-3-1-2-4-6-12-20-13(22)14(21-12)8-10-19-11-9-14/h19H,1-11,18H2,(H,20,21,22). The summed E-state index contributed by atoms with van der Waals surface area (Å²) in [6.45, 7) is 1.66. The molecular formula is C15H26F2N4O. The number of piperidine rings is 1. The summed E-state index contributed by atoms with van der Waals surface area (Å²) in [6.07, 6.45) is 6.04. The second kappa shape index (κ2) is 7.46. The summed E-state index contributed by atoms with van der Waals surface area (Å²) < 4.78 is 24.9. The predicted octanol–water partition coefficient (Wildman–Crippen LogP) is 1.92. The number of unbranched alkanes of at least 4 members (excludes halogenated alkanes) is 4. The van der Waals surface area contributed by atoms with Crippen LogP contribution in [0.15, 0.2) is 4.99 Å². The van der Waals surface area contributed by atoms with Crippen LogP contribution in [-0.4, -0.2) is 36.4 Å². The number of rotatable bonds is 8. The second-order valence-corrected chi connectivity index (χ2v) is 6.32. The predicted molar refractivity (Wildman–Crippen MR) is 81.9 cm³/mol. The zero-order valence-corrected chi connectivity index (χ0v) is 13.0. The van der Waals surface area contributed by atoms with Crippen molar-refractivity contribution in [2.75, 3.05) is 13.1 Å². The Morgan fingerprint density at radius 3 is 2.45 bits per heavy atom. The molecule has 4 N–H and O–H groups in total. The molecule has 7 heteroatoms. The van der Waals surface area contributed by atoms with Crippen LogP contribution in [0.2, 0.25) is 0 Å². The molecule has 2 rings (SSSR count).